The predicted molar refractivity (Wildman–Crippen MR) is 85.9 cm³/mol. The number of nitrogens with one attached hydrogen (secondary N) is 1. The molecule has 0 aliphatic rings. The van der Waals surface area contributed by atoms with Crippen LogP contribution in [0, 0.1) is 13.8 Å². The van der Waals surface area contributed by atoms with E-state index in [9.17, 15) is 4.79 Å². The summed E-state index contributed by atoms with van der Waals surface area (Å²) in [5, 5.41) is 13.7. The van der Waals surface area contributed by atoms with Crippen molar-refractivity contribution in [3.63, 3.8) is 0 Å². The minimum absolute atomic E-state index is 0.257. The van der Waals surface area contributed by atoms with E-state index in [0.29, 0.717) is 15.8 Å². The molecule has 1 amide bonds. The van der Waals surface area contributed by atoms with E-state index in [-0.39, 0.29) is 11.6 Å². The Balaban J connectivity index is 1.88. The van der Waals surface area contributed by atoms with Crippen molar-refractivity contribution in [2.45, 2.75) is 13.8 Å². The zero-order valence-electron chi connectivity index (χ0n) is 11.9. The van der Waals surface area contributed by atoms with E-state index in [2.05, 4.69) is 20.6 Å². The fourth-order valence-electron chi connectivity index (χ4n) is 1.96. The molecule has 0 fully saturated rings. The van der Waals surface area contributed by atoms with Crippen LogP contribution in [0.5, 0.6) is 0 Å². The summed E-state index contributed by atoms with van der Waals surface area (Å²) in [6, 6.07) is 7.20. The van der Waals surface area contributed by atoms with Crippen molar-refractivity contribution < 1.29 is 4.79 Å². The number of carbonyl (C=O) groups is 1. The number of amides is 1. The monoisotopic (exact) mass is 333 g/mol. The van der Waals surface area contributed by atoms with Crippen LogP contribution in [0.4, 0.5) is 5.13 Å². The van der Waals surface area contributed by atoms with Crippen LogP contribution in [0.2, 0.25) is 5.02 Å². The Bertz CT molecular complexity index is 841. The molecule has 0 atom stereocenters. The molecule has 0 bridgehead atoms. The molecule has 0 aliphatic carbocycles. The molecule has 0 radical (unpaired) electrons. The number of nitrogens with zero attached hydrogens (tertiary/aromatic N) is 4. The van der Waals surface area contributed by atoms with Gasteiger partial charge in [-0.2, -0.15) is 0 Å². The first-order valence-corrected chi connectivity index (χ1v) is 7.72. The summed E-state index contributed by atoms with van der Waals surface area (Å²) in [6.07, 6.45) is 0. The standard InChI is InChI=1S/C14H12ClN5OS/c1-8-7-22-14(16-8)17-13(21)12-9(2)20(19-18-12)11-5-3-4-10(15)6-11/h3-7H,1-2H3,(H,16,17,21). The summed E-state index contributed by atoms with van der Waals surface area (Å²) < 4.78 is 1.58. The zero-order chi connectivity index (χ0) is 15.7. The fraction of sp³-hybridized carbons (Fsp3) is 0.143. The SMILES string of the molecule is Cc1csc(NC(=O)c2nnn(-c3cccc(Cl)c3)c2C)n1. The smallest absolute Gasteiger partial charge is 0.279 e. The van der Waals surface area contributed by atoms with Gasteiger partial charge in [-0.15, -0.1) is 16.4 Å². The molecule has 0 aliphatic heterocycles. The van der Waals surface area contributed by atoms with Crippen LogP contribution in [0.3, 0.4) is 0 Å². The quantitative estimate of drug-likeness (QED) is 0.798. The Morgan fingerprint density at radius 1 is 1.36 bits per heavy atom. The van der Waals surface area contributed by atoms with Crippen LogP contribution >= 0.6 is 22.9 Å². The fourth-order valence-corrected chi connectivity index (χ4v) is 2.83. The molecule has 0 saturated heterocycles. The molecule has 6 nitrogen and oxygen atoms in total. The second kappa shape index (κ2) is 5.86. The van der Waals surface area contributed by atoms with Gasteiger partial charge in [-0.1, -0.05) is 22.9 Å². The number of hydrogen-bond acceptors (Lipinski definition) is 5. The van der Waals surface area contributed by atoms with E-state index in [4.69, 9.17) is 11.6 Å². The molecule has 0 saturated carbocycles. The van der Waals surface area contributed by atoms with Gasteiger partial charge in [-0.3, -0.25) is 10.1 Å². The van der Waals surface area contributed by atoms with Crippen molar-refractivity contribution in [2.75, 3.05) is 5.32 Å². The Hall–Kier alpha value is -2.25. The van der Waals surface area contributed by atoms with Gasteiger partial charge in [0.25, 0.3) is 5.91 Å². The van der Waals surface area contributed by atoms with E-state index in [1.54, 1.807) is 23.7 Å². The number of benzene rings is 1. The molecule has 3 rings (SSSR count). The van der Waals surface area contributed by atoms with Crippen LogP contribution in [-0.2, 0) is 0 Å². The van der Waals surface area contributed by atoms with Crippen molar-refractivity contribution >= 4 is 34.0 Å². The Morgan fingerprint density at radius 3 is 2.86 bits per heavy atom. The van der Waals surface area contributed by atoms with Crippen LogP contribution in [-0.4, -0.2) is 25.9 Å². The third-order valence-electron chi connectivity index (χ3n) is 3.00. The van der Waals surface area contributed by atoms with E-state index < -0.39 is 0 Å². The number of hydrogen-bond donors (Lipinski definition) is 1. The average Bonchev–Trinajstić information content (AvgIpc) is 3.05. The summed E-state index contributed by atoms with van der Waals surface area (Å²) in [5.74, 6) is -0.333. The van der Waals surface area contributed by atoms with Gasteiger partial charge in [0.15, 0.2) is 10.8 Å². The van der Waals surface area contributed by atoms with E-state index in [1.165, 1.54) is 11.3 Å². The first-order valence-electron chi connectivity index (χ1n) is 6.46. The zero-order valence-corrected chi connectivity index (χ0v) is 13.4. The molecule has 1 N–H and O–H groups in total. The molecule has 8 heteroatoms. The number of aromatic nitrogens is 4. The minimum Gasteiger partial charge on any atom is -0.296 e. The van der Waals surface area contributed by atoms with Crippen molar-refractivity contribution in [3.05, 3.63) is 51.7 Å². The van der Waals surface area contributed by atoms with Crippen molar-refractivity contribution in [3.8, 4) is 5.69 Å². The first kappa shape index (κ1) is 14.7. The molecule has 2 heterocycles. The summed E-state index contributed by atoms with van der Waals surface area (Å²) in [7, 11) is 0. The molecule has 0 spiro atoms. The Labute approximate surface area is 135 Å². The Kier molecular flexibility index (Phi) is 3.91. The maximum Gasteiger partial charge on any atom is 0.279 e. The maximum absolute atomic E-state index is 12.3. The van der Waals surface area contributed by atoms with Gasteiger partial charge in [-0.05, 0) is 32.0 Å². The van der Waals surface area contributed by atoms with Gasteiger partial charge in [-0.25, -0.2) is 9.67 Å². The molecule has 0 unspecified atom stereocenters. The van der Waals surface area contributed by atoms with Gasteiger partial charge in [0.1, 0.15) is 0 Å². The number of carbonyl (C=O) groups excluding carboxylic acids is 1. The van der Waals surface area contributed by atoms with E-state index in [1.807, 2.05) is 24.4 Å². The van der Waals surface area contributed by atoms with Crippen LogP contribution in [0.15, 0.2) is 29.6 Å². The summed E-state index contributed by atoms with van der Waals surface area (Å²) >= 11 is 7.35. The van der Waals surface area contributed by atoms with E-state index in [0.717, 1.165) is 11.4 Å². The largest absolute Gasteiger partial charge is 0.296 e. The third-order valence-corrected chi connectivity index (χ3v) is 4.11. The lowest BCUT2D eigenvalue weighted by molar-refractivity contribution is 0.102. The molecule has 22 heavy (non-hydrogen) atoms. The lowest BCUT2D eigenvalue weighted by Crippen LogP contribution is -2.14. The highest BCUT2D eigenvalue weighted by Gasteiger charge is 2.18. The lowest BCUT2D eigenvalue weighted by atomic mass is 10.3. The van der Waals surface area contributed by atoms with Gasteiger partial charge in [0, 0.05) is 10.4 Å². The van der Waals surface area contributed by atoms with Gasteiger partial charge in [0.05, 0.1) is 17.1 Å². The van der Waals surface area contributed by atoms with Gasteiger partial charge >= 0.3 is 0 Å². The number of rotatable bonds is 3. The number of aryl methyl sites for hydroxylation is 1. The van der Waals surface area contributed by atoms with Crippen LogP contribution in [0.1, 0.15) is 21.9 Å². The van der Waals surface area contributed by atoms with Crippen LogP contribution < -0.4 is 5.32 Å². The van der Waals surface area contributed by atoms with Gasteiger partial charge in [0.2, 0.25) is 0 Å². The van der Waals surface area contributed by atoms with Crippen LogP contribution in [0.25, 0.3) is 5.69 Å². The predicted octanol–water partition coefficient (Wildman–Crippen LogP) is 3.25. The maximum atomic E-state index is 12.3. The molecule has 3 aromatic rings. The average molecular weight is 334 g/mol. The van der Waals surface area contributed by atoms with Crippen molar-refractivity contribution in [2.24, 2.45) is 0 Å². The molecular weight excluding hydrogens is 322 g/mol. The Morgan fingerprint density at radius 2 is 2.18 bits per heavy atom. The lowest BCUT2D eigenvalue weighted by Gasteiger charge is -2.04. The van der Waals surface area contributed by atoms with E-state index >= 15 is 0 Å². The normalized spacial score (nSPS) is 10.7. The second-order valence-corrected chi connectivity index (χ2v) is 5.96. The minimum atomic E-state index is -0.333. The number of halogens is 1. The highest BCUT2D eigenvalue weighted by Crippen LogP contribution is 2.19. The molecule has 2 aromatic heterocycles. The molecular formula is C14H12ClN5OS. The summed E-state index contributed by atoms with van der Waals surface area (Å²) in [6.45, 7) is 3.65. The molecule has 1 aromatic carbocycles. The third kappa shape index (κ3) is 2.86. The summed E-state index contributed by atoms with van der Waals surface area (Å²) in [5.41, 5.74) is 2.50. The summed E-state index contributed by atoms with van der Waals surface area (Å²) in [4.78, 5) is 16.5. The molecule has 112 valence electrons. The number of anilines is 1. The highest BCUT2D eigenvalue weighted by molar-refractivity contribution is 7.13. The second-order valence-electron chi connectivity index (χ2n) is 4.66. The highest BCUT2D eigenvalue weighted by atomic mass is 35.5. The number of thiazole rings is 1. The first-order chi connectivity index (χ1) is 10.5. The van der Waals surface area contributed by atoms with Gasteiger partial charge < -0.3 is 0 Å². The topological polar surface area (TPSA) is 72.7 Å². The van der Waals surface area contributed by atoms with Crippen molar-refractivity contribution in [1.82, 2.24) is 20.0 Å². The van der Waals surface area contributed by atoms with Crippen molar-refractivity contribution in [1.29, 1.82) is 0 Å².